The molecule has 0 saturated carbocycles. The molecule has 2 aromatic carbocycles. The first-order valence-electron chi connectivity index (χ1n) is 7.73. The Balaban J connectivity index is 2.16. The Morgan fingerprint density at radius 1 is 0.962 bits per heavy atom. The van der Waals surface area contributed by atoms with Crippen molar-refractivity contribution in [3.8, 4) is 0 Å². The summed E-state index contributed by atoms with van der Waals surface area (Å²) in [7, 11) is 0. The van der Waals surface area contributed by atoms with Crippen molar-refractivity contribution in [1.29, 1.82) is 0 Å². The number of fused-ring (bicyclic) bond motifs is 2. The van der Waals surface area contributed by atoms with Crippen LogP contribution in [0.2, 0.25) is 0 Å². The summed E-state index contributed by atoms with van der Waals surface area (Å²) in [4.78, 5) is 38.1. The second-order valence-corrected chi connectivity index (χ2v) is 6.85. The van der Waals surface area contributed by atoms with Crippen LogP contribution in [0.3, 0.4) is 0 Å². The van der Waals surface area contributed by atoms with E-state index in [1.807, 2.05) is 0 Å². The van der Waals surface area contributed by atoms with Gasteiger partial charge in [-0.1, -0.05) is 40.2 Å². The maximum Gasteiger partial charge on any atom is 0.279 e. The van der Waals surface area contributed by atoms with Crippen LogP contribution in [0, 0.1) is 0 Å². The number of halogens is 1. The van der Waals surface area contributed by atoms with Gasteiger partial charge >= 0.3 is 0 Å². The van der Waals surface area contributed by atoms with Crippen LogP contribution in [-0.2, 0) is 4.79 Å². The molecule has 26 heavy (non-hydrogen) atoms. The van der Waals surface area contributed by atoms with E-state index in [2.05, 4.69) is 15.9 Å². The number of benzene rings is 2. The van der Waals surface area contributed by atoms with Gasteiger partial charge in [0.05, 0.1) is 16.3 Å². The molecule has 1 amide bonds. The van der Waals surface area contributed by atoms with Gasteiger partial charge in [0.1, 0.15) is 11.9 Å². The van der Waals surface area contributed by atoms with Gasteiger partial charge in [-0.15, -0.1) is 0 Å². The van der Waals surface area contributed by atoms with Gasteiger partial charge in [0, 0.05) is 4.47 Å². The quantitative estimate of drug-likeness (QED) is 0.656. The van der Waals surface area contributed by atoms with Gasteiger partial charge in [-0.25, -0.2) is 4.68 Å². The molecule has 0 radical (unpaired) electrons. The third-order valence-corrected chi connectivity index (χ3v) is 5.01. The van der Waals surface area contributed by atoms with Crippen molar-refractivity contribution in [2.75, 3.05) is 0 Å². The summed E-state index contributed by atoms with van der Waals surface area (Å²) in [6.07, 6.45) is 0. The summed E-state index contributed by atoms with van der Waals surface area (Å²) < 4.78 is 3.07. The summed E-state index contributed by atoms with van der Waals surface area (Å²) in [5.41, 5.74) is 11.4. The van der Waals surface area contributed by atoms with E-state index in [1.165, 1.54) is 4.68 Å². The zero-order valence-electron chi connectivity index (χ0n) is 13.3. The average Bonchev–Trinajstić information content (AvgIpc) is 2.94. The second kappa shape index (κ2) is 5.70. The van der Waals surface area contributed by atoms with E-state index in [0.717, 1.165) is 9.15 Å². The Morgan fingerprint density at radius 3 is 2.12 bits per heavy atom. The summed E-state index contributed by atoms with van der Waals surface area (Å²) in [5, 5.41) is 0.492. The van der Waals surface area contributed by atoms with E-state index in [1.54, 1.807) is 48.5 Å². The van der Waals surface area contributed by atoms with E-state index in [-0.39, 0.29) is 22.2 Å². The summed E-state index contributed by atoms with van der Waals surface area (Å²) >= 11 is 3.35. The van der Waals surface area contributed by atoms with Gasteiger partial charge < -0.3 is 11.5 Å². The molecule has 8 heteroatoms. The van der Waals surface area contributed by atoms with Crippen LogP contribution >= 0.6 is 15.9 Å². The molecule has 1 unspecified atom stereocenters. The molecule has 1 aliphatic heterocycles. The molecule has 0 fully saturated rings. The van der Waals surface area contributed by atoms with Crippen molar-refractivity contribution < 1.29 is 4.79 Å². The molecule has 0 bridgehead atoms. The highest BCUT2D eigenvalue weighted by Crippen LogP contribution is 2.33. The van der Waals surface area contributed by atoms with Gasteiger partial charge in [-0.3, -0.25) is 14.4 Å². The molecule has 0 saturated heterocycles. The van der Waals surface area contributed by atoms with Crippen LogP contribution in [0.5, 0.6) is 0 Å². The molecule has 3 aromatic rings. The number of amides is 1. The SMILES string of the molecule is NC(=O)C1=C(N)n2c(=O)c3ccccc3c(=O)n2C1c1ccc(Br)cc1. The highest BCUT2D eigenvalue weighted by Gasteiger charge is 2.37. The van der Waals surface area contributed by atoms with E-state index < -0.39 is 23.1 Å². The maximum atomic E-state index is 13.1. The van der Waals surface area contributed by atoms with Crippen molar-refractivity contribution in [2.45, 2.75) is 6.04 Å². The topological polar surface area (TPSA) is 113 Å². The number of primary amides is 1. The minimum Gasteiger partial charge on any atom is -0.383 e. The van der Waals surface area contributed by atoms with Crippen LogP contribution in [0.1, 0.15) is 11.6 Å². The molecular formula is C18H13BrN4O3. The fourth-order valence-corrected chi connectivity index (χ4v) is 3.60. The molecule has 4 rings (SSSR count). The highest BCUT2D eigenvalue weighted by atomic mass is 79.9. The van der Waals surface area contributed by atoms with Crippen molar-refractivity contribution in [1.82, 2.24) is 9.36 Å². The fraction of sp³-hybridized carbons (Fsp3) is 0.0556. The van der Waals surface area contributed by atoms with Gasteiger partial charge in [-0.2, -0.15) is 4.68 Å². The molecule has 7 nitrogen and oxygen atoms in total. The van der Waals surface area contributed by atoms with Gasteiger partial charge in [0.2, 0.25) is 0 Å². The summed E-state index contributed by atoms with van der Waals surface area (Å²) in [6.45, 7) is 0. The van der Waals surface area contributed by atoms with Crippen molar-refractivity contribution >= 4 is 38.4 Å². The number of hydrogen-bond donors (Lipinski definition) is 2. The summed E-state index contributed by atoms with van der Waals surface area (Å²) in [5.74, 6) is -0.909. The first-order chi connectivity index (χ1) is 12.4. The third-order valence-electron chi connectivity index (χ3n) is 4.48. The number of hydrogen-bond acceptors (Lipinski definition) is 4. The third kappa shape index (κ3) is 2.15. The van der Waals surface area contributed by atoms with Crippen LogP contribution in [0.15, 0.2) is 68.2 Å². The molecule has 1 aromatic heterocycles. The van der Waals surface area contributed by atoms with E-state index in [4.69, 9.17) is 11.5 Å². The summed E-state index contributed by atoms with van der Waals surface area (Å²) in [6, 6.07) is 12.6. The zero-order valence-corrected chi connectivity index (χ0v) is 14.9. The highest BCUT2D eigenvalue weighted by molar-refractivity contribution is 9.10. The van der Waals surface area contributed by atoms with Crippen molar-refractivity contribution in [3.05, 3.63) is 84.8 Å². The predicted molar refractivity (Wildman–Crippen MR) is 101 cm³/mol. The largest absolute Gasteiger partial charge is 0.383 e. The lowest BCUT2D eigenvalue weighted by Gasteiger charge is -2.17. The molecule has 0 spiro atoms. The van der Waals surface area contributed by atoms with Gasteiger partial charge in [0.25, 0.3) is 17.0 Å². The molecular weight excluding hydrogens is 400 g/mol. The molecule has 4 N–H and O–H groups in total. The van der Waals surface area contributed by atoms with Crippen LogP contribution < -0.4 is 22.6 Å². The Bertz CT molecular complexity index is 1220. The second-order valence-electron chi connectivity index (χ2n) is 5.93. The normalized spacial score (nSPS) is 16.1. The maximum absolute atomic E-state index is 13.1. The van der Waals surface area contributed by atoms with E-state index in [0.29, 0.717) is 5.56 Å². The number of carbonyl (C=O) groups is 1. The predicted octanol–water partition coefficient (Wildman–Crippen LogP) is 1.14. The van der Waals surface area contributed by atoms with E-state index in [9.17, 15) is 14.4 Å². The van der Waals surface area contributed by atoms with Gasteiger partial charge in [-0.05, 0) is 29.8 Å². The minimum absolute atomic E-state index is 0.0156. The Labute approximate surface area is 155 Å². The Morgan fingerprint density at radius 2 is 1.54 bits per heavy atom. The number of aromatic nitrogens is 2. The van der Waals surface area contributed by atoms with E-state index >= 15 is 0 Å². The number of carbonyl (C=O) groups excluding carboxylic acids is 1. The smallest absolute Gasteiger partial charge is 0.279 e. The zero-order chi connectivity index (χ0) is 18.6. The first-order valence-corrected chi connectivity index (χ1v) is 8.53. The van der Waals surface area contributed by atoms with Crippen LogP contribution in [0.4, 0.5) is 0 Å². The fourth-order valence-electron chi connectivity index (χ4n) is 3.33. The number of nitrogens with two attached hydrogens (primary N) is 2. The molecule has 1 atom stereocenters. The standard InChI is InChI=1S/C18H13BrN4O3/c19-10-7-5-9(6-8-10)14-13(16(21)24)15(20)23-18(26)12-4-2-1-3-11(12)17(25)22(14)23/h1-8,14H,20H2,(H2,21,24). The first kappa shape index (κ1) is 16.3. The molecule has 130 valence electrons. The number of nitrogens with zero attached hydrogens (tertiary/aromatic N) is 2. The van der Waals surface area contributed by atoms with Crippen LogP contribution in [0.25, 0.3) is 16.6 Å². The average molecular weight is 413 g/mol. The lowest BCUT2D eigenvalue weighted by atomic mass is 9.99. The molecule has 1 aliphatic rings. The Hall–Kier alpha value is -3.13. The van der Waals surface area contributed by atoms with Gasteiger partial charge in [0.15, 0.2) is 0 Å². The molecule has 2 heterocycles. The van der Waals surface area contributed by atoms with Crippen LogP contribution in [-0.4, -0.2) is 15.3 Å². The number of rotatable bonds is 2. The van der Waals surface area contributed by atoms with Crippen molar-refractivity contribution in [3.63, 3.8) is 0 Å². The lowest BCUT2D eigenvalue weighted by molar-refractivity contribution is -0.114. The molecule has 0 aliphatic carbocycles. The monoisotopic (exact) mass is 412 g/mol. The minimum atomic E-state index is -0.870. The Kier molecular flexibility index (Phi) is 3.58. The lowest BCUT2D eigenvalue weighted by Crippen LogP contribution is -2.38. The van der Waals surface area contributed by atoms with Crippen molar-refractivity contribution in [2.24, 2.45) is 11.5 Å².